The van der Waals surface area contributed by atoms with Gasteiger partial charge >= 0.3 is 0 Å². The maximum Gasteiger partial charge on any atom is 0.269 e. The third-order valence-electron chi connectivity index (χ3n) is 2.64. The van der Waals surface area contributed by atoms with Crippen LogP contribution < -0.4 is 5.32 Å². The Bertz CT molecular complexity index is 630. The summed E-state index contributed by atoms with van der Waals surface area (Å²) in [6.07, 6.45) is 0. The van der Waals surface area contributed by atoms with Gasteiger partial charge in [-0.3, -0.25) is 10.1 Å². The molecule has 0 radical (unpaired) electrons. The second kappa shape index (κ2) is 5.65. The summed E-state index contributed by atoms with van der Waals surface area (Å²) in [5.41, 5.74) is 2.45. The highest BCUT2D eigenvalue weighted by atomic mass is 16.6. The van der Waals surface area contributed by atoms with E-state index in [4.69, 9.17) is 5.26 Å². The van der Waals surface area contributed by atoms with Crippen molar-refractivity contribution in [3.05, 3.63) is 69.8 Å². The van der Waals surface area contributed by atoms with Gasteiger partial charge < -0.3 is 5.32 Å². The quantitative estimate of drug-likeness (QED) is 0.670. The predicted molar refractivity (Wildman–Crippen MR) is 71.6 cm³/mol. The minimum Gasteiger partial charge on any atom is -0.381 e. The zero-order valence-corrected chi connectivity index (χ0v) is 10.0. The van der Waals surface area contributed by atoms with E-state index in [1.165, 1.54) is 12.1 Å². The topological polar surface area (TPSA) is 79.0 Å². The molecule has 0 saturated carbocycles. The fourth-order valence-electron chi connectivity index (χ4n) is 1.64. The summed E-state index contributed by atoms with van der Waals surface area (Å²) in [7, 11) is 0. The van der Waals surface area contributed by atoms with Crippen LogP contribution in [0.4, 0.5) is 11.4 Å². The van der Waals surface area contributed by atoms with E-state index < -0.39 is 4.92 Å². The second-order valence-corrected chi connectivity index (χ2v) is 3.97. The lowest BCUT2D eigenvalue weighted by Crippen LogP contribution is -1.99. The third-order valence-corrected chi connectivity index (χ3v) is 2.64. The SMILES string of the molecule is N#Cc1cccc(NCc2ccc([N+](=O)[O-])cc2)c1. The molecule has 1 N–H and O–H groups in total. The van der Waals surface area contributed by atoms with E-state index in [0.29, 0.717) is 12.1 Å². The fourth-order valence-corrected chi connectivity index (χ4v) is 1.64. The summed E-state index contributed by atoms with van der Waals surface area (Å²) in [6, 6.07) is 15.6. The van der Waals surface area contributed by atoms with Crippen LogP contribution in [0.5, 0.6) is 0 Å². The summed E-state index contributed by atoms with van der Waals surface area (Å²) in [6.45, 7) is 0.548. The number of benzene rings is 2. The van der Waals surface area contributed by atoms with Gasteiger partial charge in [0.15, 0.2) is 0 Å². The molecule has 0 heterocycles. The van der Waals surface area contributed by atoms with E-state index in [1.54, 1.807) is 30.3 Å². The van der Waals surface area contributed by atoms with Gasteiger partial charge in [-0.25, -0.2) is 0 Å². The Hall–Kier alpha value is -2.87. The van der Waals surface area contributed by atoms with Crippen LogP contribution in [0.2, 0.25) is 0 Å². The highest BCUT2D eigenvalue weighted by molar-refractivity contribution is 5.49. The van der Waals surface area contributed by atoms with Crippen molar-refractivity contribution < 1.29 is 4.92 Å². The van der Waals surface area contributed by atoms with E-state index in [0.717, 1.165) is 11.3 Å². The van der Waals surface area contributed by atoms with Crippen molar-refractivity contribution >= 4 is 11.4 Å². The number of hydrogen-bond donors (Lipinski definition) is 1. The standard InChI is InChI=1S/C14H11N3O2/c15-9-12-2-1-3-13(8-12)16-10-11-4-6-14(7-5-11)17(18)19/h1-8,16H,10H2. The largest absolute Gasteiger partial charge is 0.381 e. The number of hydrogen-bond acceptors (Lipinski definition) is 4. The van der Waals surface area contributed by atoms with Crippen molar-refractivity contribution in [2.45, 2.75) is 6.54 Å². The maximum atomic E-state index is 10.5. The first-order chi connectivity index (χ1) is 9.19. The fraction of sp³-hybridized carbons (Fsp3) is 0.0714. The molecule has 0 unspecified atom stereocenters. The summed E-state index contributed by atoms with van der Waals surface area (Å²) >= 11 is 0. The molecule has 0 aliphatic heterocycles. The van der Waals surface area contributed by atoms with Crippen LogP contribution in [0.1, 0.15) is 11.1 Å². The van der Waals surface area contributed by atoms with Gasteiger partial charge in [0.05, 0.1) is 16.6 Å². The molecule has 5 nitrogen and oxygen atoms in total. The first-order valence-corrected chi connectivity index (χ1v) is 5.66. The van der Waals surface area contributed by atoms with Crippen LogP contribution in [0.15, 0.2) is 48.5 Å². The van der Waals surface area contributed by atoms with Gasteiger partial charge in [-0.2, -0.15) is 5.26 Å². The van der Waals surface area contributed by atoms with Crippen LogP contribution in [0.25, 0.3) is 0 Å². The summed E-state index contributed by atoms with van der Waals surface area (Å²) in [5, 5.41) is 22.5. The minimum atomic E-state index is -0.423. The number of nitriles is 1. The van der Waals surface area contributed by atoms with Crippen molar-refractivity contribution in [2.24, 2.45) is 0 Å². The molecule has 0 atom stereocenters. The molecule has 19 heavy (non-hydrogen) atoms. The molecule has 0 bridgehead atoms. The Morgan fingerprint density at radius 2 is 1.95 bits per heavy atom. The lowest BCUT2D eigenvalue weighted by Gasteiger charge is -2.06. The van der Waals surface area contributed by atoms with Gasteiger partial charge in [-0.05, 0) is 23.8 Å². The Labute approximate surface area is 110 Å². The van der Waals surface area contributed by atoms with Gasteiger partial charge in [0, 0.05) is 24.4 Å². The average Bonchev–Trinajstić information content (AvgIpc) is 2.46. The van der Waals surface area contributed by atoms with Gasteiger partial charge in [0.25, 0.3) is 5.69 Å². The predicted octanol–water partition coefficient (Wildman–Crippen LogP) is 3.08. The lowest BCUT2D eigenvalue weighted by atomic mass is 10.2. The highest BCUT2D eigenvalue weighted by Gasteiger charge is 2.03. The number of nitrogens with zero attached hydrogens (tertiary/aromatic N) is 2. The maximum absolute atomic E-state index is 10.5. The van der Waals surface area contributed by atoms with Crippen molar-refractivity contribution in [3.8, 4) is 6.07 Å². The molecule has 0 saturated heterocycles. The molecular weight excluding hydrogens is 242 g/mol. The second-order valence-electron chi connectivity index (χ2n) is 3.97. The molecule has 2 rings (SSSR count). The Morgan fingerprint density at radius 3 is 2.58 bits per heavy atom. The molecule has 5 heteroatoms. The van der Waals surface area contributed by atoms with Crippen LogP contribution in [0, 0.1) is 21.4 Å². The van der Waals surface area contributed by atoms with Crippen LogP contribution in [-0.2, 0) is 6.54 Å². The van der Waals surface area contributed by atoms with Crippen molar-refractivity contribution in [3.63, 3.8) is 0 Å². The van der Waals surface area contributed by atoms with E-state index in [-0.39, 0.29) is 5.69 Å². The summed E-state index contributed by atoms with van der Waals surface area (Å²) in [4.78, 5) is 10.1. The van der Waals surface area contributed by atoms with Gasteiger partial charge in [0.2, 0.25) is 0 Å². The van der Waals surface area contributed by atoms with E-state index >= 15 is 0 Å². The number of rotatable bonds is 4. The van der Waals surface area contributed by atoms with Gasteiger partial charge in [0.1, 0.15) is 0 Å². The molecule has 0 aliphatic carbocycles. The zero-order chi connectivity index (χ0) is 13.7. The van der Waals surface area contributed by atoms with Crippen LogP contribution in [-0.4, -0.2) is 4.92 Å². The molecule has 0 aromatic heterocycles. The number of anilines is 1. The number of nitro groups is 1. The first kappa shape index (κ1) is 12.6. The smallest absolute Gasteiger partial charge is 0.269 e. The molecule has 0 aliphatic rings. The lowest BCUT2D eigenvalue weighted by molar-refractivity contribution is -0.384. The van der Waals surface area contributed by atoms with Crippen molar-refractivity contribution in [1.29, 1.82) is 5.26 Å². The summed E-state index contributed by atoms with van der Waals surface area (Å²) < 4.78 is 0. The molecule has 94 valence electrons. The number of nitro benzene ring substituents is 1. The van der Waals surface area contributed by atoms with E-state index in [1.807, 2.05) is 6.07 Å². The highest BCUT2D eigenvalue weighted by Crippen LogP contribution is 2.14. The molecule has 0 amide bonds. The Morgan fingerprint density at radius 1 is 1.21 bits per heavy atom. The Balaban J connectivity index is 2.02. The van der Waals surface area contributed by atoms with Crippen molar-refractivity contribution in [2.75, 3.05) is 5.32 Å². The molecule has 2 aromatic rings. The molecular formula is C14H11N3O2. The van der Waals surface area contributed by atoms with Gasteiger partial charge in [-0.15, -0.1) is 0 Å². The van der Waals surface area contributed by atoms with Gasteiger partial charge in [-0.1, -0.05) is 18.2 Å². The number of non-ortho nitro benzene ring substituents is 1. The zero-order valence-electron chi connectivity index (χ0n) is 10.0. The van der Waals surface area contributed by atoms with E-state index in [9.17, 15) is 10.1 Å². The summed E-state index contributed by atoms with van der Waals surface area (Å²) in [5.74, 6) is 0. The normalized spacial score (nSPS) is 9.63. The minimum absolute atomic E-state index is 0.0789. The average molecular weight is 253 g/mol. The van der Waals surface area contributed by atoms with Crippen LogP contribution in [0.3, 0.4) is 0 Å². The monoisotopic (exact) mass is 253 g/mol. The Kier molecular flexibility index (Phi) is 3.74. The van der Waals surface area contributed by atoms with Crippen LogP contribution >= 0.6 is 0 Å². The molecule has 0 spiro atoms. The van der Waals surface area contributed by atoms with E-state index in [2.05, 4.69) is 11.4 Å². The molecule has 0 fully saturated rings. The third kappa shape index (κ3) is 3.30. The first-order valence-electron chi connectivity index (χ1n) is 5.66. The van der Waals surface area contributed by atoms with Crippen molar-refractivity contribution in [1.82, 2.24) is 0 Å². The molecule has 2 aromatic carbocycles. The number of nitrogens with one attached hydrogen (secondary N) is 1.